The van der Waals surface area contributed by atoms with E-state index in [1.54, 1.807) is 6.92 Å². The first-order valence-electron chi connectivity index (χ1n) is 5.22. The molecule has 1 saturated carbocycles. The van der Waals surface area contributed by atoms with Gasteiger partial charge in [-0.1, -0.05) is 26.0 Å². The summed E-state index contributed by atoms with van der Waals surface area (Å²) in [6, 6.07) is 0. The Bertz CT molecular complexity index is 262. The highest BCUT2D eigenvalue weighted by Crippen LogP contribution is 2.52. The Balaban J connectivity index is 2.37. The SMILES string of the molecule is CC(=O)[C@@H]1[C@@H]2C=C[C@@H](CC2)C1(C)C. The molecule has 0 radical (unpaired) electrons. The third-order valence-electron chi connectivity index (χ3n) is 4.02. The van der Waals surface area contributed by atoms with E-state index < -0.39 is 0 Å². The molecular weight excluding hydrogens is 160 g/mol. The van der Waals surface area contributed by atoms with Crippen LogP contribution in [-0.4, -0.2) is 5.78 Å². The molecule has 3 rings (SSSR count). The molecule has 1 fully saturated rings. The fourth-order valence-corrected chi connectivity index (χ4v) is 3.35. The van der Waals surface area contributed by atoms with Gasteiger partial charge < -0.3 is 0 Å². The van der Waals surface area contributed by atoms with Gasteiger partial charge in [-0.05, 0) is 37.0 Å². The molecule has 0 aromatic heterocycles. The molecule has 3 atom stereocenters. The largest absolute Gasteiger partial charge is 0.300 e. The van der Waals surface area contributed by atoms with Gasteiger partial charge in [0.25, 0.3) is 0 Å². The van der Waals surface area contributed by atoms with Gasteiger partial charge in [-0.25, -0.2) is 0 Å². The summed E-state index contributed by atoms with van der Waals surface area (Å²) in [4.78, 5) is 11.6. The maximum Gasteiger partial charge on any atom is 0.134 e. The number of carbonyl (C=O) groups excluding carboxylic acids is 1. The summed E-state index contributed by atoms with van der Waals surface area (Å²) < 4.78 is 0. The molecule has 3 aliphatic carbocycles. The van der Waals surface area contributed by atoms with Gasteiger partial charge in [0.2, 0.25) is 0 Å². The van der Waals surface area contributed by atoms with Crippen LogP contribution in [-0.2, 0) is 4.79 Å². The van der Waals surface area contributed by atoms with E-state index in [1.165, 1.54) is 12.8 Å². The lowest BCUT2D eigenvalue weighted by Gasteiger charge is -2.50. The maximum atomic E-state index is 11.6. The van der Waals surface area contributed by atoms with Crippen molar-refractivity contribution in [3.8, 4) is 0 Å². The van der Waals surface area contributed by atoms with Crippen molar-refractivity contribution in [2.75, 3.05) is 0 Å². The van der Waals surface area contributed by atoms with Crippen LogP contribution in [0.2, 0.25) is 0 Å². The molecule has 2 bridgehead atoms. The first-order chi connectivity index (χ1) is 6.03. The predicted molar refractivity (Wildman–Crippen MR) is 53.3 cm³/mol. The standard InChI is InChI=1S/C12H18O/c1-8(13)11-9-4-6-10(7-5-9)12(11,2)3/h4,6,9-11H,5,7H2,1-3H3/t9-,10+,11-/m1/s1. The van der Waals surface area contributed by atoms with Crippen molar-refractivity contribution in [1.82, 2.24) is 0 Å². The molecule has 0 aliphatic heterocycles. The topological polar surface area (TPSA) is 17.1 Å². The minimum absolute atomic E-state index is 0.198. The Morgan fingerprint density at radius 2 is 2.00 bits per heavy atom. The lowest BCUT2D eigenvalue weighted by Crippen LogP contribution is -2.46. The number of Topliss-reactive ketones (excluding diaryl/α,β-unsaturated/α-hetero) is 1. The van der Waals surface area contributed by atoms with E-state index in [-0.39, 0.29) is 11.3 Å². The second-order valence-corrected chi connectivity index (χ2v) is 5.14. The highest BCUT2D eigenvalue weighted by Gasteiger charge is 2.48. The molecule has 13 heavy (non-hydrogen) atoms. The summed E-state index contributed by atoms with van der Waals surface area (Å²) >= 11 is 0. The van der Waals surface area contributed by atoms with E-state index in [1.807, 2.05) is 0 Å². The molecule has 0 unspecified atom stereocenters. The molecule has 0 N–H and O–H groups in total. The average molecular weight is 178 g/mol. The van der Waals surface area contributed by atoms with Crippen molar-refractivity contribution in [3.05, 3.63) is 12.2 Å². The molecule has 0 spiro atoms. The number of hydrogen-bond acceptors (Lipinski definition) is 1. The molecular formula is C12H18O. The van der Waals surface area contributed by atoms with Crippen LogP contribution in [0.15, 0.2) is 12.2 Å². The van der Waals surface area contributed by atoms with Crippen LogP contribution in [0.5, 0.6) is 0 Å². The molecule has 3 aliphatic rings. The van der Waals surface area contributed by atoms with Gasteiger partial charge in [0.05, 0.1) is 0 Å². The van der Waals surface area contributed by atoms with Gasteiger partial charge in [-0.15, -0.1) is 0 Å². The fraction of sp³-hybridized carbons (Fsp3) is 0.750. The lowest BCUT2D eigenvalue weighted by molar-refractivity contribution is -0.130. The summed E-state index contributed by atoms with van der Waals surface area (Å²) in [5.74, 6) is 1.81. The summed E-state index contributed by atoms with van der Waals surface area (Å²) in [5, 5.41) is 0. The third-order valence-corrected chi connectivity index (χ3v) is 4.02. The molecule has 0 amide bonds. The fourth-order valence-electron chi connectivity index (χ4n) is 3.35. The number of hydrogen-bond donors (Lipinski definition) is 0. The van der Waals surface area contributed by atoms with Gasteiger partial charge in [0.1, 0.15) is 5.78 Å². The molecule has 1 nitrogen and oxygen atoms in total. The molecule has 0 heterocycles. The van der Waals surface area contributed by atoms with Crippen molar-refractivity contribution in [2.45, 2.75) is 33.6 Å². The van der Waals surface area contributed by atoms with E-state index in [0.29, 0.717) is 17.6 Å². The Labute approximate surface area is 80.2 Å². The summed E-state index contributed by atoms with van der Waals surface area (Å²) in [6.07, 6.45) is 7.09. The maximum absolute atomic E-state index is 11.6. The number of carbonyl (C=O) groups is 1. The summed E-state index contributed by atoms with van der Waals surface area (Å²) in [5.41, 5.74) is 0.198. The monoisotopic (exact) mass is 178 g/mol. The number of allylic oxidation sites excluding steroid dienone is 2. The van der Waals surface area contributed by atoms with E-state index in [4.69, 9.17) is 0 Å². The second kappa shape index (κ2) is 2.70. The van der Waals surface area contributed by atoms with E-state index in [9.17, 15) is 4.79 Å². The van der Waals surface area contributed by atoms with E-state index in [0.717, 1.165) is 0 Å². The smallest absolute Gasteiger partial charge is 0.134 e. The van der Waals surface area contributed by atoms with Gasteiger partial charge in [-0.3, -0.25) is 4.79 Å². The minimum Gasteiger partial charge on any atom is -0.300 e. The molecule has 1 heteroatoms. The van der Waals surface area contributed by atoms with Crippen molar-refractivity contribution >= 4 is 5.78 Å². The van der Waals surface area contributed by atoms with Crippen LogP contribution in [0.4, 0.5) is 0 Å². The minimum atomic E-state index is 0.198. The van der Waals surface area contributed by atoms with Crippen molar-refractivity contribution in [2.24, 2.45) is 23.2 Å². The Morgan fingerprint density at radius 1 is 1.31 bits per heavy atom. The molecule has 0 aromatic rings. The number of fused-ring (bicyclic) bond motifs is 2. The van der Waals surface area contributed by atoms with Crippen molar-refractivity contribution < 1.29 is 4.79 Å². The van der Waals surface area contributed by atoms with Crippen molar-refractivity contribution in [1.29, 1.82) is 0 Å². The summed E-state index contributed by atoms with van der Waals surface area (Å²) in [6.45, 7) is 6.25. The van der Waals surface area contributed by atoms with Crippen LogP contribution in [0.25, 0.3) is 0 Å². The van der Waals surface area contributed by atoms with Gasteiger partial charge in [0.15, 0.2) is 0 Å². The number of rotatable bonds is 1. The van der Waals surface area contributed by atoms with E-state index in [2.05, 4.69) is 26.0 Å². The normalized spacial score (nSPS) is 40.7. The van der Waals surface area contributed by atoms with Gasteiger partial charge in [-0.2, -0.15) is 0 Å². The Morgan fingerprint density at radius 3 is 2.31 bits per heavy atom. The molecule has 0 aromatic carbocycles. The van der Waals surface area contributed by atoms with Gasteiger partial charge >= 0.3 is 0 Å². The van der Waals surface area contributed by atoms with Crippen LogP contribution in [0.1, 0.15) is 33.6 Å². The van der Waals surface area contributed by atoms with E-state index >= 15 is 0 Å². The second-order valence-electron chi connectivity index (χ2n) is 5.14. The highest BCUT2D eigenvalue weighted by atomic mass is 16.1. The zero-order valence-corrected chi connectivity index (χ0v) is 8.71. The van der Waals surface area contributed by atoms with Crippen LogP contribution in [0, 0.1) is 23.2 Å². The van der Waals surface area contributed by atoms with Crippen LogP contribution < -0.4 is 0 Å². The Kier molecular flexibility index (Phi) is 1.86. The molecule has 0 saturated heterocycles. The zero-order valence-electron chi connectivity index (χ0n) is 8.71. The third kappa shape index (κ3) is 1.17. The number of ketones is 1. The predicted octanol–water partition coefficient (Wildman–Crippen LogP) is 2.81. The van der Waals surface area contributed by atoms with Crippen LogP contribution in [0.3, 0.4) is 0 Å². The molecule has 72 valence electrons. The highest BCUT2D eigenvalue weighted by molar-refractivity contribution is 5.80. The summed E-state index contributed by atoms with van der Waals surface area (Å²) in [7, 11) is 0. The lowest BCUT2D eigenvalue weighted by atomic mass is 9.54. The Hall–Kier alpha value is -0.590. The average Bonchev–Trinajstić information content (AvgIpc) is 2.03. The zero-order chi connectivity index (χ0) is 9.64. The van der Waals surface area contributed by atoms with Crippen LogP contribution >= 0.6 is 0 Å². The first kappa shape index (κ1) is 8.98. The first-order valence-corrected chi connectivity index (χ1v) is 5.22. The quantitative estimate of drug-likeness (QED) is 0.564. The van der Waals surface area contributed by atoms with Crippen molar-refractivity contribution in [3.63, 3.8) is 0 Å². The van der Waals surface area contributed by atoms with Gasteiger partial charge in [0, 0.05) is 5.92 Å².